The van der Waals surface area contributed by atoms with Crippen molar-refractivity contribution in [3.05, 3.63) is 23.6 Å². The third kappa shape index (κ3) is 9.80. The van der Waals surface area contributed by atoms with E-state index in [9.17, 15) is 0 Å². The molecule has 0 saturated carbocycles. The van der Waals surface area contributed by atoms with E-state index in [1.165, 1.54) is 5.69 Å². The monoisotopic (exact) mass is 379 g/mol. The predicted octanol–water partition coefficient (Wildman–Crippen LogP) is 5.52. The summed E-state index contributed by atoms with van der Waals surface area (Å²) in [5.74, 6) is 2.32. The summed E-state index contributed by atoms with van der Waals surface area (Å²) >= 11 is 1.70. The summed E-state index contributed by atoms with van der Waals surface area (Å²) in [6, 6.07) is 0.917. The lowest BCUT2D eigenvalue weighted by atomic mass is 10.1. The minimum atomic E-state index is 0.447. The van der Waals surface area contributed by atoms with Crippen molar-refractivity contribution in [2.45, 2.75) is 80.4 Å². The standard InChI is InChI=1S/C10H19N3.C10H18N2S/c1-8(2)5-13-6-10(11-7-13)12-9(3)4;1-7(2)5-9-6-13-10(12-9)11-8(3)4/h6-9,12H,5H2,1-4H3;6-8H,5H2,1-4H3,(H,11,12). The summed E-state index contributed by atoms with van der Waals surface area (Å²) < 4.78 is 2.12. The van der Waals surface area contributed by atoms with E-state index >= 15 is 0 Å². The molecule has 0 aromatic carbocycles. The quantitative estimate of drug-likeness (QED) is 0.634. The van der Waals surface area contributed by atoms with Crippen molar-refractivity contribution in [2.24, 2.45) is 11.8 Å². The van der Waals surface area contributed by atoms with Crippen LogP contribution in [-0.2, 0) is 13.0 Å². The Kier molecular flexibility index (Phi) is 9.70. The van der Waals surface area contributed by atoms with Gasteiger partial charge < -0.3 is 15.2 Å². The second-order valence-electron chi connectivity index (χ2n) is 8.19. The van der Waals surface area contributed by atoms with Crippen LogP contribution in [0, 0.1) is 11.8 Å². The van der Waals surface area contributed by atoms with Gasteiger partial charge in [-0.1, -0.05) is 27.7 Å². The van der Waals surface area contributed by atoms with Gasteiger partial charge >= 0.3 is 0 Å². The number of thiazole rings is 1. The average Bonchev–Trinajstić information content (AvgIpc) is 3.07. The van der Waals surface area contributed by atoms with Crippen molar-refractivity contribution in [2.75, 3.05) is 10.6 Å². The average molecular weight is 380 g/mol. The number of rotatable bonds is 8. The molecule has 26 heavy (non-hydrogen) atoms. The molecular weight excluding hydrogens is 342 g/mol. The van der Waals surface area contributed by atoms with Crippen LogP contribution in [0.15, 0.2) is 17.9 Å². The van der Waals surface area contributed by atoms with Gasteiger partial charge in [0.1, 0.15) is 5.82 Å². The molecule has 0 bridgehead atoms. The summed E-state index contributed by atoms with van der Waals surface area (Å²) in [6.07, 6.45) is 5.01. The molecule has 0 aliphatic heterocycles. The van der Waals surface area contributed by atoms with Crippen molar-refractivity contribution in [1.29, 1.82) is 0 Å². The van der Waals surface area contributed by atoms with Gasteiger partial charge in [0.25, 0.3) is 0 Å². The summed E-state index contributed by atoms with van der Waals surface area (Å²) in [7, 11) is 0. The Balaban J connectivity index is 0.000000260. The van der Waals surface area contributed by atoms with Gasteiger partial charge in [0.05, 0.1) is 12.0 Å². The summed E-state index contributed by atoms with van der Waals surface area (Å²) in [5, 5.41) is 9.76. The molecule has 2 N–H and O–H groups in total. The van der Waals surface area contributed by atoms with Crippen molar-refractivity contribution < 1.29 is 0 Å². The van der Waals surface area contributed by atoms with Crippen LogP contribution in [-0.4, -0.2) is 26.6 Å². The second-order valence-corrected chi connectivity index (χ2v) is 9.05. The highest BCUT2D eigenvalue weighted by molar-refractivity contribution is 7.13. The highest BCUT2D eigenvalue weighted by Crippen LogP contribution is 2.18. The van der Waals surface area contributed by atoms with Crippen LogP contribution in [0.4, 0.5) is 10.9 Å². The number of imidazole rings is 1. The first kappa shape index (κ1) is 22.5. The van der Waals surface area contributed by atoms with Crippen molar-refractivity contribution in [3.63, 3.8) is 0 Å². The molecule has 0 radical (unpaired) electrons. The number of anilines is 2. The molecule has 148 valence electrons. The first-order valence-electron chi connectivity index (χ1n) is 9.65. The molecule has 0 saturated heterocycles. The van der Waals surface area contributed by atoms with Crippen molar-refractivity contribution >= 4 is 22.3 Å². The van der Waals surface area contributed by atoms with Gasteiger partial charge in [-0.3, -0.25) is 0 Å². The molecule has 6 heteroatoms. The Hall–Kier alpha value is -1.56. The van der Waals surface area contributed by atoms with Crippen LogP contribution in [0.25, 0.3) is 0 Å². The van der Waals surface area contributed by atoms with Gasteiger partial charge in [0.2, 0.25) is 0 Å². The minimum Gasteiger partial charge on any atom is -0.367 e. The van der Waals surface area contributed by atoms with Gasteiger partial charge in [-0.15, -0.1) is 11.3 Å². The van der Waals surface area contributed by atoms with E-state index in [-0.39, 0.29) is 0 Å². The molecule has 2 aromatic rings. The molecular formula is C20H37N5S. The minimum absolute atomic E-state index is 0.447. The van der Waals surface area contributed by atoms with E-state index < -0.39 is 0 Å². The van der Waals surface area contributed by atoms with Gasteiger partial charge in [-0.2, -0.15) is 0 Å². The number of aromatic nitrogens is 3. The molecule has 0 aliphatic carbocycles. The first-order valence-corrected chi connectivity index (χ1v) is 10.5. The van der Waals surface area contributed by atoms with E-state index in [0.29, 0.717) is 23.9 Å². The predicted molar refractivity (Wildman–Crippen MR) is 115 cm³/mol. The SMILES string of the molecule is CC(C)Cc1csc(NC(C)C)n1.CC(C)Cn1cnc(NC(C)C)c1. The lowest BCUT2D eigenvalue weighted by Crippen LogP contribution is -2.09. The lowest BCUT2D eigenvalue weighted by molar-refractivity contribution is 0.523. The van der Waals surface area contributed by atoms with Gasteiger partial charge in [-0.05, 0) is 46.0 Å². The number of nitrogens with one attached hydrogen (secondary N) is 2. The molecule has 2 heterocycles. The van der Waals surface area contributed by atoms with E-state index in [0.717, 1.165) is 23.9 Å². The Morgan fingerprint density at radius 2 is 1.62 bits per heavy atom. The molecule has 0 amide bonds. The topological polar surface area (TPSA) is 54.8 Å². The molecule has 5 nitrogen and oxygen atoms in total. The highest BCUT2D eigenvalue weighted by atomic mass is 32.1. The van der Waals surface area contributed by atoms with E-state index in [4.69, 9.17) is 0 Å². The zero-order valence-electron chi connectivity index (χ0n) is 17.7. The number of nitrogens with zero attached hydrogens (tertiary/aromatic N) is 3. The Morgan fingerprint density at radius 1 is 0.962 bits per heavy atom. The maximum absolute atomic E-state index is 4.50. The molecule has 0 spiro atoms. The van der Waals surface area contributed by atoms with Crippen LogP contribution in [0.3, 0.4) is 0 Å². The fraction of sp³-hybridized carbons (Fsp3) is 0.700. The van der Waals surface area contributed by atoms with Crippen LogP contribution in [0.1, 0.15) is 61.1 Å². The van der Waals surface area contributed by atoms with Gasteiger partial charge in [-0.25, -0.2) is 9.97 Å². The van der Waals surface area contributed by atoms with Crippen LogP contribution in [0.5, 0.6) is 0 Å². The fourth-order valence-corrected chi connectivity index (χ4v) is 3.25. The zero-order valence-corrected chi connectivity index (χ0v) is 18.5. The molecule has 0 fully saturated rings. The molecule has 2 rings (SSSR count). The van der Waals surface area contributed by atoms with E-state index in [1.807, 2.05) is 6.33 Å². The third-order valence-electron chi connectivity index (χ3n) is 3.23. The van der Waals surface area contributed by atoms with Gasteiger partial charge in [0, 0.05) is 30.2 Å². The first-order chi connectivity index (χ1) is 12.2. The summed E-state index contributed by atoms with van der Waals surface area (Å²) in [4.78, 5) is 8.76. The Labute approximate surface area is 163 Å². The molecule has 0 aliphatic rings. The van der Waals surface area contributed by atoms with E-state index in [2.05, 4.69) is 92.1 Å². The maximum atomic E-state index is 4.50. The fourth-order valence-electron chi connectivity index (χ4n) is 2.38. The van der Waals surface area contributed by atoms with Crippen molar-refractivity contribution in [1.82, 2.24) is 14.5 Å². The smallest absolute Gasteiger partial charge is 0.183 e. The second kappa shape index (κ2) is 11.2. The summed E-state index contributed by atoms with van der Waals surface area (Å²) in [6.45, 7) is 18.4. The summed E-state index contributed by atoms with van der Waals surface area (Å²) in [5.41, 5.74) is 1.21. The number of hydrogen-bond acceptors (Lipinski definition) is 5. The molecule has 0 unspecified atom stereocenters. The zero-order chi connectivity index (χ0) is 19.7. The highest BCUT2D eigenvalue weighted by Gasteiger charge is 2.04. The Morgan fingerprint density at radius 3 is 2.15 bits per heavy atom. The van der Waals surface area contributed by atoms with Crippen LogP contribution < -0.4 is 10.6 Å². The third-order valence-corrected chi connectivity index (χ3v) is 4.05. The van der Waals surface area contributed by atoms with E-state index in [1.54, 1.807) is 11.3 Å². The molecule has 0 atom stereocenters. The maximum Gasteiger partial charge on any atom is 0.183 e. The van der Waals surface area contributed by atoms with Gasteiger partial charge in [0.15, 0.2) is 5.13 Å². The normalized spacial score (nSPS) is 11.2. The number of hydrogen-bond donors (Lipinski definition) is 2. The largest absolute Gasteiger partial charge is 0.367 e. The molecule has 2 aromatic heterocycles. The van der Waals surface area contributed by atoms with Crippen molar-refractivity contribution in [3.8, 4) is 0 Å². The van der Waals surface area contributed by atoms with Crippen LogP contribution in [0.2, 0.25) is 0 Å². The van der Waals surface area contributed by atoms with Crippen LogP contribution >= 0.6 is 11.3 Å². The lowest BCUT2D eigenvalue weighted by Gasteiger charge is -2.06. The Bertz CT molecular complexity index is 510.